The van der Waals surface area contributed by atoms with E-state index in [0.717, 1.165) is 5.41 Å². The highest BCUT2D eigenvalue weighted by atomic mass is 15.1. The summed E-state index contributed by atoms with van der Waals surface area (Å²) in [5.74, 6) is 0. The molecule has 2 aliphatic carbocycles. The summed E-state index contributed by atoms with van der Waals surface area (Å²) < 4.78 is 0. The highest BCUT2D eigenvalue weighted by Crippen LogP contribution is 2.60. The van der Waals surface area contributed by atoms with Gasteiger partial charge in [-0.15, -0.1) is 0 Å². The Morgan fingerprint density at radius 3 is 2.11 bits per heavy atom. The van der Waals surface area contributed by atoms with Crippen LogP contribution in [0.4, 0.5) is 0 Å². The van der Waals surface area contributed by atoms with Gasteiger partial charge in [0.05, 0.1) is 0 Å². The van der Waals surface area contributed by atoms with Gasteiger partial charge in [-0.1, -0.05) is 0 Å². The van der Waals surface area contributed by atoms with Crippen molar-refractivity contribution in [3.63, 3.8) is 0 Å². The summed E-state index contributed by atoms with van der Waals surface area (Å²) in [6.45, 7) is 1.34. The molecular formula is C8H13N. The van der Waals surface area contributed by atoms with E-state index in [9.17, 15) is 0 Å². The minimum atomic E-state index is 0.691. The molecule has 0 aromatic rings. The molecule has 0 radical (unpaired) electrons. The largest absolute Gasteiger partial charge is 0.311 e. The van der Waals surface area contributed by atoms with E-state index in [1.165, 1.54) is 38.6 Å². The van der Waals surface area contributed by atoms with Gasteiger partial charge in [-0.2, -0.15) is 0 Å². The Labute approximate surface area is 55.8 Å². The molecule has 0 aromatic heterocycles. The van der Waals surface area contributed by atoms with Gasteiger partial charge < -0.3 is 5.32 Å². The van der Waals surface area contributed by atoms with Crippen molar-refractivity contribution in [2.75, 3.05) is 6.54 Å². The number of hydrogen-bond acceptors (Lipinski definition) is 1. The first-order valence-electron chi connectivity index (χ1n) is 4.08. The zero-order valence-electron chi connectivity index (χ0n) is 5.74. The van der Waals surface area contributed by atoms with Crippen molar-refractivity contribution in [3.8, 4) is 0 Å². The Morgan fingerprint density at radius 2 is 1.78 bits per heavy atom. The molecule has 1 aliphatic heterocycles. The summed E-state index contributed by atoms with van der Waals surface area (Å²) in [6.07, 6.45) is 7.48. The third-order valence-electron chi connectivity index (χ3n) is 3.36. The molecule has 9 heavy (non-hydrogen) atoms. The van der Waals surface area contributed by atoms with Crippen LogP contribution < -0.4 is 5.32 Å². The Morgan fingerprint density at radius 1 is 1.00 bits per heavy atom. The smallest absolute Gasteiger partial charge is 0.0188 e. The van der Waals surface area contributed by atoms with E-state index < -0.39 is 0 Å². The lowest BCUT2D eigenvalue weighted by atomic mass is 10.0. The zero-order chi connectivity index (χ0) is 5.95. The number of nitrogens with one attached hydrogen (secondary N) is 1. The van der Waals surface area contributed by atoms with E-state index in [0.29, 0.717) is 5.54 Å². The van der Waals surface area contributed by atoms with Gasteiger partial charge in [-0.3, -0.25) is 0 Å². The summed E-state index contributed by atoms with van der Waals surface area (Å²) in [4.78, 5) is 0. The number of hydrogen-bond donors (Lipinski definition) is 1. The molecule has 1 saturated heterocycles. The van der Waals surface area contributed by atoms with Crippen molar-refractivity contribution in [2.45, 2.75) is 37.6 Å². The van der Waals surface area contributed by atoms with Crippen LogP contribution in [0.5, 0.6) is 0 Å². The maximum atomic E-state index is 3.66. The Bertz CT molecular complexity index is 136. The van der Waals surface area contributed by atoms with E-state index in [4.69, 9.17) is 0 Å². The molecule has 0 atom stereocenters. The van der Waals surface area contributed by atoms with Crippen molar-refractivity contribution < 1.29 is 0 Å². The fourth-order valence-corrected chi connectivity index (χ4v) is 2.25. The monoisotopic (exact) mass is 123 g/mol. The molecule has 1 N–H and O–H groups in total. The molecule has 0 unspecified atom stereocenters. The van der Waals surface area contributed by atoms with Gasteiger partial charge in [0.15, 0.2) is 0 Å². The Kier molecular flexibility index (Phi) is 0.563. The van der Waals surface area contributed by atoms with Crippen LogP contribution in [0.2, 0.25) is 0 Å². The third kappa shape index (κ3) is 0.536. The highest BCUT2D eigenvalue weighted by molar-refractivity contribution is 5.16. The zero-order valence-corrected chi connectivity index (χ0v) is 5.74. The fraction of sp³-hybridized carbons (Fsp3) is 1.00. The fourth-order valence-electron chi connectivity index (χ4n) is 2.25. The summed E-state index contributed by atoms with van der Waals surface area (Å²) in [5, 5.41) is 3.66. The second kappa shape index (κ2) is 1.07. The van der Waals surface area contributed by atoms with E-state index in [1.807, 2.05) is 0 Å². The van der Waals surface area contributed by atoms with Crippen LogP contribution in [0.1, 0.15) is 32.1 Å². The van der Waals surface area contributed by atoms with Crippen LogP contribution in [0.15, 0.2) is 0 Å². The molecule has 1 heterocycles. The molecule has 3 rings (SSSR count). The predicted molar refractivity (Wildman–Crippen MR) is 36.3 cm³/mol. The van der Waals surface area contributed by atoms with Crippen LogP contribution in [0.3, 0.4) is 0 Å². The van der Waals surface area contributed by atoms with Crippen LogP contribution >= 0.6 is 0 Å². The van der Waals surface area contributed by atoms with Crippen LogP contribution in [-0.2, 0) is 0 Å². The summed E-state index contributed by atoms with van der Waals surface area (Å²) in [6, 6.07) is 0. The normalized spacial score (nSPS) is 40.0. The van der Waals surface area contributed by atoms with Crippen molar-refractivity contribution >= 4 is 0 Å². The van der Waals surface area contributed by atoms with Crippen LogP contribution in [-0.4, -0.2) is 12.1 Å². The molecular weight excluding hydrogens is 110 g/mol. The predicted octanol–water partition coefficient (Wildman–Crippen LogP) is 1.29. The maximum absolute atomic E-state index is 3.66. The van der Waals surface area contributed by atoms with Gasteiger partial charge in [0.25, 0.3) is 0 Å². The SMILES string of the molecule is C1CC12CNC1(CC1)C2. The molecule has 3 fully saturated rings. The molecule has 0 aromatic carbocycles. The van der Waals surface area contributed by atoms with Crippen molar-refractivity contribution in [1.82, 2.24) is 5.32 Å². The average Bonchev–Trinajstić information content (AvgIpc) is 2.62. The van der Waals surface area contributed by atoms with Gasteiger partial charge in [0.2, 0.25) is 0 Å². The molecule has 1 heteroatoms. The van der Waals surface area contributed by atoms with Crippen LogP contribution in [0, 0.1) is 5.41 Å². The maximum Gasteiger partial charge on any atom is 0.0188 e. The summed E-state index contributed by atoms with van der Waals surface area (Å²) in [5.41, 5.74) is 1.52. The summed E-state index contributed by atoms with van der Waals surface area (Å²) >= 11 is 0. The van der Waals surface area contributed by atoms with Gasteiger partial charge in [0, 0.05) is 12.1 Å². The first kappa shape index (κ1) is 4.73. The molecule has 0 amide bonds. The van der Waals surface area contributed by atoms with Crippen molar-refractivity contribution in [1.29, 1.82) is 0 Å². The third-order valence-corrected chi connectivity index (χ3v) is 3.36. The number of rotatable bonds is 0. The minimum Gasteiger partial charge on any atom is -0.311 e. The lowest BCUT2D eigenvalue weighted by Gasteiger charge is -2.03. The summed E-state index contributed by atoms with van der Waals surface area (Å²) in [7, 11) is 0. The second-order valence-corrected chi connectivity index (χ2v) is 4.31. The standard InChI is InChI=1S/C8H13N/c1-2-7(1)5-8(3-4-8)9-6-7/h9H,1-6H2. The average molecular weight is 123 g/mol. The molecule has 0 bridgehead atoms. The van der Waals surface area contributed by atoms with Gasteiger partial charge in [-0.05, 0) is 37.5 Å². The molecule has 1 nitrogen and oxygen atoms in total. The van der Waals surface area contributed by atoms with Crippen molar-refractivity contribution in [2.24, 2.45) is 5.41 Å². The van der Waals surface area contributed by atoms with E-state index in [-0.39, 0.29) is 0 Å². The first-order chi connectivity index (χ1) is 4.33. The minimum absolute atomic E-state index is 0.691. The quantitative estimate of drug-likeness (QED) is 0.512. The van der Waals surface area contributed by atoms with Crippen molar-refractivity contribution in [3.05, 3.63) is 0 Å². The lowest BCUT2D eigenvalue weighted by Crippen LogP contribution is -2.22. The second-order valence-electron chi connectivity index (χ2n) is 4.31. The van der Waals surface area contributed by atoms with E-state index in [2.05, 4.69) is 5.32 Å². The lowest BCUT2D eigenvalue weighted by molar-refractivity contribution is 0.536. The van der Waals surface area contributed by atoms with Gasteiger partial charge >= 0.3 is 0 Å². The Hall–Kier alpha value is -0.0400. The molecule has 2 saturated carbocycles. The van der Waals surface area contributed by atoms with Crippen LogP contribution in [0.25, 0.3) is 0 Å². The molecule has 2 spiro atoms. The molecule has 3 aliphatic rings. The van der Waals surface area contributed by atoms with Gasteiger partial charge in [-0.25, -0.2) is 0 Å². The first-order valence-corrected chi connectivity index (χ1v) is 4.08. The van der Waals surface area contributed by atoms with E-state index in [1.54, 1.807) is 0 Å². The molecule has 50 valence electrons. The van der Waals surface area contributed by atoms with E-state index >= 15 is 0 Å². The highest BCUT2D eigenvalue weighted by Gasteiger charge is 2.59. The Balaban J connectivity index is 1.86. The topological polar surface area (TPSA) is 12.0 Å². The van der Waals surface area contributed by atoms with Gasteiger partial charge in [0.1, 0.15) is 0 Å².